The number of rotatable bonds is 4. The van der Waals surface area contributed by atoms with Crippen LogP contribution < -0.4 is 17.7 Å². The Morgan fingerprint density at radius 3 is 2.78 bits per heavy atom. The molecule has 2 rings (SSSR count). The van der Waals surface area contributed by atoms with Gasteiger partial charge in [-0.2, -0.15) is 0 Å². The zero-order valence-corrected chi connectivity index (χ0v) is 11.1. The van der Waals surface area contributed by atoms with E-state index in [1.54, 1.807) is 0 Å². The van der Waals surface area contributed by atoms with Crippen molar-refractivity contribution in [3.63, 3.8) is 0 Å². The van der Waals surface area contributed by atoms with Crippen molar-refractivity contribution in [2.24, 2.45) is 0 Å². The SMILES string of the molecule is COC(=O)[C@@H]1C[C@@H](OCc2ccccc2)C[NH2+]1.[Cl-]. The number of carbonyl (C=O) groups is 1. The summed E-state index contributed by atoms with van der Waals surface area (Å²) in [5.74, 6) is -0.157. The van der Waals surface area contributed by atoms with Crippen molar-refractivity contribution in [1.29, 1.82) is 0 Å². The topological polar surface area (TPSA) is 52.1 Å². The van der Waals surface area contributed by atoms with Crippen molar-refractivity contribution in [3.05, 3.63) is 35.9 Å². The van der Waals surface area contributed by atoms with Gasteiger partial charge in [-0.1, -0.05) is 30.3 Å². The van der Waals surface area contributed by atoms with Crippen LogP contribution in [0, 0.1) is 0 Å². The normalized spacial score (nSPS) is 22.3. The van der Waals surface area contributed by atoms with Crippen LogP contribution in [0.15, 0.2) is 30.3 Å². The lowest BCUT2D eigenvalue weighted by Crippen LogP contribution is -3.00. The van der Waals surface area contributed by atoms with Gasteiger partial charge in [0, 0.05) is 6.42 Å². The first-order chi connectivity index (χ1) is 8.29. The molecule has 18 heavy (non-hydrogen) atoms. The van der Waals surface area contributed by atoms with E-state index in [9.17, 15) is 4.79 Å². The first-order valence-electron chi connectivity index (χ1n) is 5.86. The largest absolute Gasteiger partial charge is 1.00 e. The molecule has 0 saturated carbocycles. The zero-order valence-electron chi connectivity index (χ0n) is 10.3. The molecular formula is C13H18ClNO3. The van der Waals surface area contributed by atoms with Gasteiger partial charge >= 0.3 is 5.97 Å². The minimum Gasteiger partial charge on any atom is -1.00 e. The van der Waals surface area contributed by atoms with E-state index in [-0.39, 0.29) is 30.5 Å². The molecule has 0 radical (unpaired) electrons. The lowest BCUT2D eigenvalue weighted by Gasteiger charge is -2.08. The predicted octanol–water partition coefficient (Wildman–Crippen LogP) is -2.92. The number of hydrogen-bond acceptors (Lipinski definition) is 3. The Labute approximate surface area is 113 Å². The highest BCUT2D eigenvalue weighted by Crippen LogP contribution is 2.09. The van der Waals surface area contributed by atoms with E-state index in [1.807, 2.05) is 35.6 Å². The maximum atomic E-state index is 11.3. The van der Waals surface area contributed by atoms with Crippen LogP contribution in [0.25, 0.3) is 0 Å². The Morgan fingerprint density at radius 1 is 1.39 bits per heavy atom. The summed E-state index contributed by atoms with van der Waals surface area (Å²) in [6, 6.07) is 9.96. The van der Waals surface area contributed by atoms with Crippen molar-refractivity contribution in [3.8, 4) is 0 Å². The molecule has 1 aliphatic rings. The van der Waals surface area contributed by atoms with Crippen LogP contribution in [0.5, 0.6) is 0 Å². The van der Waals surface area contributed by atoms with Crippen LogP contribution in [0.1, 0.15) is 12.0 Å². The first kappa shape index (κ1) is 15.0. The Morgan fingerprint density at radius 2 is 2.11 bits per heavy atom. The Kier molecular flexibility index (Phi) is 6.12. The molecule has 1 aliphatic heterocycles. The van der Waals surface area contributed by atoms with Gasteiger partial charge in [-0.25, -0.2) is 4.79 Å². The van der Waals surface area contributed by atoms with Crippen LogP contribution in [-0.4, -0.2) is 31.8 Å². The average Bonchev–Trinajstić information content (AvgIpc) is 2.85. The van der Waals surface area contributed by atoms with Crippen LogP contribution in [0.4, 0.5) is 0 Å². The van der Waals surface area contributed by atoms with E-state index in [1.165, 1.54) is 7.11 Å². The molecule has 0 aliphatic carbocycles. The summed E-state index contributed by atoms with van der Waals surface area (Å²) in [5.41, 5.74) is 1.16. The molecule has 100 valence electrons. The van der Waals surface area contributed by atoms with E-state index in [2.05, 4.69) is 0 Å². The van der Waals surface area contributed by atoms with Crippen molar-refractivity contribution in [2.45, 2.75) is 25.2 Å². The maximum absolute atomic E-state index is 11.3. The van der Waals surface area contributed by atoms with Gasteiger partial charge in [-0.3, -0.25) is 0 Å². The van der Waals surface area contributed by atoms with Crippen LogP contribution in [0.3, 0.4) is 0 Å². The van der Waals surface area contributed by atoms with Gasteiger partial charge < -0.3 is 27.2 Å². The minimum atomic E-state index is -0.157. The van der Waals surface area contributed by atoms with E-state index in [4.69, 9.17) is 9.47 Å². The minimum absolute atomic E-state index is 0. The molecule has 1 heterocycles. The molecule has 0 bridgehead atoms. The molecule has 0 unspecified atom stereocenters. The Balaban J connectivity index is 0.00000162. The number of halogens is 1. The highest BCUT2D eigenvalue weighted by atomic mass is 35.5. The fourth-order valence-electron chi connectivity index (χ4n) is 2.06. The van der Waals surface area contributed by atoms with Crippen molar-refractivity contribution >= 4 is 5.97 Å². The first-order valence-corrected chi connectivity index (χ1v) is 5.86. The van der Waals surface area contributed by atoms with Gasteiger partial charge in [0.25, 0.3) is 0 Å². The Bertz CT molecular complexity index is 372. The summed E-state index contributed by atoms with van der Waals surface area (Å²) in [6.07, 6.45) is 0.874. The number of ether oxygens (including phenoxy) is 2. The predicted molar refractivity (Wildman–Crippen MR) is 62.2 cm³/mol. The van der Waals surface area contributed by atoms with Gasteiger partial charge in [0.1, 0.15) is 12.6 Å². The number of esters is 1. The summed E-state index contributed by atoms with van der Waals surface area (Å²) in [6.45, 7) is 1.43. The molecule has 1 saturated heterocycles. The molecule has 2 N–H and O–H groups in total. The fraction of sp³-hybridized carbons (Fsp3) is 0.462. The summed E-state index contributed by atoms with van der Waals surface area (Å²) in [5, 5.41) is 1.99. The maximum Gasteiger partial charge on any atom is 0.364 e. The van der Waals surface area contributed by atoms with Crippen LogP contribution >= 0.6 is 0 Å². The van der Waals surface area contributed by atoms with E-state index in [0.29, 0.717) is 6.61 Å². The van der Waals surface area contributed by atoms with Crippen molar-refractivity contribution in [2.75, 3.05) is 13.7 Å². The average molecular weight is 272 g/mol. The molecular weight excluding hydrogens is 254 g/mol. The van der Waals surface area contributed by atoms with Crippen LogP contribution in [0.2, 0.25) is 0 Å². The second kappa shape index (κ2) is 7.36. The second-order valence-electron chi connectivity index (χ2n) is 4.26. The monoisotopic (exact) mass is 271 g/mol. The third-order valence-corrected chi connectivity index (χ3v) is 3.03. The van der Waals surface area contributed by atoms with Crippen molar-refractivity contribution < 1.29 is 32.0 Å². The summed E-state index contributed by atoms with van der Waals surface area (Å²) in [7, 11) is 1.42. The molecule has 5 heteroatoms. The smallest absolute Gasteiger partial charge is 0.364 e. The highest BCUT2D eigenvalue weighted by molar-refractivity contribution is 5.74. The molecule has 4 nitrogen and oxygen atoms in total. The van der Waals surface area contributed by atoms with Gasteiger partial charge in [-0.15, -0.1) is 0 Å². The third kappa shape index (κ3) is 3.98. The number of quaternary nitrogens is 1. The Hall–Kier alpha value is -1.10. The van der Waals surface area contributed by atoms with Gasteiger partial charge in [0.2, 0.25) is 0 Å². The standard InChI is InChI=1S/C13H17NO3.ClH/c1-16-13(15)12-7-11(8-14-12)17-9-10-5-3-2-4-6-10;/h2-6,11-12,14H,7-9H2,1H3;1H/t11-,12+;/m1./s1. The van der Waals surface area contributed by atoms with E-state index < -0.39 is 0 Å². The van der Waals surface area contributed by atoms with Gasteiger partial charge in [0.15, 0.2) is 6.04 Å². The quantitative estimate of drug-likeness (QED) is 0.597. The fourth-order valence-corrected chi connectivity index (χ4v) is 2.06. The third-order valence-electron chi connectivity index (χ3n) is 3.03. The molecule has 0 amide bonds. The zero-order chi connectivity index (χ0) is 12.1. The number of nitrogens with two attached hydrogens (primary N) is 1. The lowest BCUT2D eigenvalue weighted by molar-refractivity contribution is -0.661. The molecule has 0 aromatic heterocycles. The van der Waals surface area contributed by atoms with Gasteiger partial charge in [-0.05, 0) is 5.56 Å². The van der Waals surface area contributed by atoms with Crippen molar-refractivity contribution in [1.82, 2.24) is 0 Å². The summed E-state index contributed by atoms with van der Waals surface area (Å²) >= 11 is 0. The molecule has 1 fully saturated rings. The van der Waals surface area contributed by atoms with Crippen LogP contribution in [-0.2, 0) is 20.9 Å². The molecule has 2 atom stereocenters. The molecule has 1 aromatic carbocycles. The van der Waals surface area contributed by atoms with E-state index >= 15 is 0 Å². The highest BCUT2D eigenvalue weighted by Gasteiger charge is 2.34. The number of carbonyl (C=O) groups excluding carboxylic acids is 1. The second-order valence-corrected chi connectivity index (χ2v) is 4.26. The number of methoxy groups -OCH3 is 1. The molecule has 1 aromatic rings. The number of benzene rings is 1. The summed E-state index contributed by atoms with van der Waals surface area (Å²) in [4.78, 5) is 11.3. The van der Waals surface area contributed by atoms with E-state index in [0.717, 1.165) is 18.5 Å². The van der Waals surface area contributed by atoms with Gasteiger partial charge in [0.05, 0.1) is 13.7 Å². The molecule has 0 spiro atoms. The number of hydrogen-bond donors (Lipinski definition) is 1. The summed E-state index contributed by atoms with van der Waals surface area (Å²) < 4.78 is 10.5. The lowest BCUT2D eigenvalue weighted by atomic mass is 10.2.